The van der Waals surface area contributed by atoms with E-state index in [1.807, 2.05) is 0 Å². The second-order valence-electron chi connectivity index (χ2n) is 6.48. The van der Waals surface area contributed by atoms with E-state index in [0.717, 1.165) is 0 Å². The molecule has 1 N–H and O–H groups in total. The van der Waals surface area contributed by atoms with Gasteiger partial charge in [0.25, 0.3) is 5.91 Å². The number of hydroxylamine groups is 2. The molecule has 0 saturated heterocycles. The third kappa shape index (κ3) is 6.56. The van der Waals surface area contributed by atoms with Crippen LogP contribution in [0.1, 0.15) is 35.0 Å². The number of esters is 2. The van der Waals surface area contributed by atoms with Crippen LogP contribution in [0, 0.1) is 0 Å². The molecule has 0 fully saturated rings. The van der Waals surface area contributed by atoms with E-state index in [4.69, 9.17) is 9.47 Å². The minimum absolute atomic E-state index is 0.108. The highest BCUT2D eigenvalue weighted by molar-refractivity contribution is 9.10. The van der Waals surface area contributed by atoms with Gasteiger partial charge in [0.15, 0.2) is 6.04 Å². The third-order valence-corrected chi connectivity index (χ3v) is 5.76. The first-order valence-corrected chi connectivity index (χ1v) is 11.7. The molecule has 0 spiro atoms. The van der Waals surface area contributed by atoms with Gasteiger partial charge in [-0.2, -0.15) is 11.8 Å². The van der Waals surface area contributed by atoms with Crippen LogP contribution in [-0.4, -0.2) is 51.8 Å². The molecule has 7 nitrogen and oxygen atoms in total. The molecule has 166 valence electrons. The maximum Gasteiger partial charge on any atom is 0.343 e. The van der Waals surface area contributed by atoms with Crippen molar-refractivity contribution in [2.45, 2.75) is 30.0 Å². The SMILES string of the molecule is CCOC(=O)[C@H]([C@H](SC)c1ccc(OC(=O)c2ccccc2)cc1)N(O)C(=O)[C@@H](C)Br. The Morgan fingerprint density at radius 3 is 2.23 bits per heavy atom. The average molecular weight is 510 g/mol. The van der Waals surface area contributed by atoms with Crippen LogP contribution < -0.4 is 4.74 Å². The summed E-state index contributed by atoms with van der Waals surface area (Å²) in [5.41, 5.74) is 1.08. The molecular weight excluding hydrogens is 486 g/mol. The quantitative estimate of drug-likeness (QED) is 0.177. The molecule has 0 saturated carbocycles. The average Bonchev–Trinajstić information content (AvgIpc) is 2.77. The highest BCUT2D eigenvalue weighted by atomic mass is 79.9. The topological polar surface area (TPSA) is 93.1 Å². The zero-order valence-corrected chi connectivity index (χ0v) is 19.8. The number of alkyl halides is 1. The van der Waals surface area contributed by atoms with Gasteiger partial charge in [0.2, 0.25) is 0 Å². The van der Waals surface area contributed by atoms with Crippen molar-refractivity contribution in [2.75, 3.05) is 12.9 Å². The number of benzene rings is 2. The molecule has 0 unspecified atom stereocenters. The fourth-order valence-corrected chi connectivity index (χ4v) is 3.93. The molecular formula is C22H24BrNO6S. The lowest BCUT2D eigenvalue weighted by molar-refractivity contribution is -0.187. The van der Waals surface area contributed by atoms with E-state index in [1.165, 1.54) is 11.8 Å². The monoisotopic (exact) mass is 509 g/mol. The molecule has 0 heterocycles. The van der Waals surface area contributed by atoms with Gasteiger partial charge in [0, 0.05) is 0 Å². The van der Waals surface area contributed by atoms with Crippen molar-refractivity contribution in [1.82, 2.24) is 5.06 Å². The van der Waals surface area contributed by atoms with E-state index < -0.39 is 34.0 Å². The van der Waals surface area contributed by atoms with Crippen LogP contribution in [0.5, 0.6) is 5.75 Å². The number of nitrogens with zero attached hydrogens (tertiary/aromatic N) is 1. The lowest BCUT2D eigenvalue weighted by atomic mass is 10.0. The lowest BCUT2D eigenvalue weighted by Gasteiger charge is -2.31. The van der Waals surface area contributed by atoms with E-state index in [0.29, 0.717) is 21.9 Å². The van der Waals surface area contributed by atoms with Crippen LogP contribution >= 0.6 is 27.7 Å². The summed E-state index contributed by atoms with van der Waals surface area (Å²) in [7, 11) is 0. The summed E-state index contributed by atoms with van der Waals surface area (Å²) >= 11 is 4.40. The molecule has 9 heteroatoms. The predicted octanol–water partition coefficient (Wildman–Crippen LogP) is 4.24. The zero-order valence-electron chi connectivity index (χ0n) is 17.4. The summed E-state index contributed by atoms with van der Waals surface area (Å²) in [4.78, 5) is 36.4. The van der Waals surface area contributed by atoms with Gasteiger partial charge in [-0.05, 0) is 49.9 Å². The Balaban J connectivity index is 2.26. The van der Waals surface area contributed by atoms with E-state index in [9.17, 15) is 19.6 Å². The van der Waals surface area contributed by atoms with E-state index >= 15 is 0 Å². The minimum atomic E-state index is -1.25. The molecule has 3 atom stereocenters. The number of carbonyl (C=O) groups excluding carboxylic acids is 3. The summed E-state index contributed by atoms with van der Waals surface area (Å²) in [6.45, 7) is 3.31. The Morgan fingerprint density at radius 1 is 1.10 bits per heavy atom. The van der Waals surface area contributed by atoms with E-state index in [-0.39, 0.29) is 6.61 Å². The number of rotatable bonds is 9. The first kappa shape index (κ1) is 24.9. The fraction of sp³-hybridized carbons (Fsp3) is 0.318. The number of carbonyl (C=O) groups is 3. The molecule has 2 aromatic carbocycles. The van der Waals surface area contributed by atoms with Gasteiger partial charge in [0.1, 0.15) is 5.75 Å². The zero-order chi connectivity index (χ0) is 23.0. The number of thioether (sulfide) groups is 1. The Bertz CT molecular complexity index is 891. The summed E-state index contributed by atoms with van der Waals surface area (Å²) in [6.07, 6.45) is 1.76. The molecule has 2 rings (SSSR count). The van der Waals surface area contributed by atoms with Gasteiger partial charge >= 0.3 is 11.9 Å². The second kappa shape index (κ2) is 11.9. The molecule has 31 heavy (non-hydrogen) atoms. The van der Waals surface area contributed by atoms with Crippen LogP contribution in [0.25, 0.3) is 0 Å². The van der Waals surface area contributed by atoms with Crippen LogP contribution in [0.2, 0.25) is 0 Å². The number of hydrogen-bond donors (Lipinski definition) is 1. The van der Waals surface area contributed by atoms with Crippen molar-refractivity contribution in [2.24, 2.45) is 0 Å². The fourth-order valence-electron chi connectivity index (χ4n) is 2.81. The first-order valence-electron chi connectivity index (χ1n) is 9.52. The molecule has 0 aliphatic carbocycles. The van der Waals surface area contributed by atoms with Crippen molar-refractivity contribution in [3.05, 3.63) is 65.7 Å². The standard InChI is InChI=1S/C22H24BrNO6S/c1-4-29-22(27)18(24(28)20(25)14(2)23)19(31-3)15-10-12-17(13-11-15)30-21(26)16-8-6-5-7-9-16/h5-14,18-19,28H,4H2,1-3H3/t14-,18+,19-/m1/s1. The molecule has 0 aliphatic rings. The molecule has 0 bridgehead atoms. The summed E-state index contributed by atoms with van der Waals surface area (Å²) < 4.78 is 10.5. The Labute approximate surface area is 193 Å². The normalized spacial score (nSPS) is 13.6. The van der Waals surface area contributed by atoms with E-state index in [1.54, 1.807) is 74.7 Å². The van der Waals surface area contributed by atoms with Crippen molar-refractivity contribution < 1.29 is 29.1 Å². The van der Waals surface area contributed by atoms with Crippen molar-refractivity contribution >= 4 is 45.5 Å². The highest BCUT2D eigenvalue weighted by Gasteiger charge is 2.39. The van der Waals surface area contributed by atoms with Gasteiger partial charge in [0.05, 0.1) is 22.2 Å². The maximum absolute atomic E-state index is 12.6. The van der Waals surface area contributed by atoms with Gasteiger partial charge in [-0.15, -0.1) is 0 Å². The van der Waals surface area contributed by atoms with Crippen LogP contribution in [0.4, 0.5) is 0 Å². The number of halogens is 1. The van der Waals surface area contributed by atoms with Gasteiger partial charge in [-0.1, -0.05) is 46.3 Å². The summed E-state index contributed by atoms with van der Waals surface area (Å²) in [6, 6.07) is 13.9. The van der Waals surface area contributed by atoms with Crippen molar-refractivity contribution in [3.8, 4) is 5.75 Å². The van der Waals surface area contributed by atoms with Gasteiger partial charge in [-0.25, -0.2) is 14.7 Å². The Kier molecular flexibility index (Phi) is 9.54. The first-order chi connectivity index (χ1) is 14.8. The molecule has 1 amide bonds. The highest BCUT2D eigenvalue weighted by Crippen LogP contribution is 2.35. The predicted molar refractivity (Wildman–Crippen MR) is 122 cm³/mol. The summed E-state index contributed by atoms with van der Waals surface area (Å²) in [5.74, 6) is -1.54. The van der Waals surface area contributed by atoms with E-state index in [2.05, 4.69) is 15.9 Å². The Morgan fingerprint density at radius 2 is 1.71 bits per heavy atom. The van der Waals surface area contributed by atoms with Crippen LogP contribution in [0.15, 0.2) is 54.6 Å². The smallest absolute Gasteiger partial charge is 0.343 e. The Hall–Kier alpha value is -2.36. The van der Waals surface area contributed by atoms with Gasteiger partial charge in [-0.3, -0.25) is 10.0 Å². The number of hydrogen-bond acceptors (Lipinski definition) is 7. The summed E-state index contributed by atoms with van der Waals surface area (Å²) in [5, 5.41) is 10.3. The second-order valence-corrected chi connectivity index (χ2v) is 8.83. The van der Waals surface area contributed by atoms with Gasteiger partial charge < -0.3 is 9.47 Å². The lowest BCUT2D eigenvalue weighted by Crippen LogP contribution is -2.48. The van der Waals surface area contributed by atoms with Crippen LogP contribution in [-0.2, 0) is 14.3 Å². The van der Waals surface area contributed by atoms with Crippen LogP contribution in [0.3, 0.4) is 0 Å². The minimum Gasteiger partial charge on any atom is -0.464 e. The number of amides is 1. The molecule has 0 radical (unpaired) electrons. The number of ether oxygens (including phenoxy) is 2. The van der Waals surface area contributed by atoms with Crippen molar-refractivity contribution in [1.29, 1.82) is 0 Å². The third-order valence-electron chi connectivity index (χ3n) is 4.33. The maximum atomic E-state index is 12.6. The largest absolute Gasteiger partial charge is 0.464 e. The molecule has 0 aromatic heterocycles. The molecule has 0 aliphatic heterocycles. The van der Waals surface area contributed by atoms with Crippen molar-refractivity contribution in [3.63, 3.8) is 0 Å². The molecule has 2 aromatic rings.